The van der Waals surface area contributed by atoms with Gasteiger partial charge in [0.15, 0.2) is 0 Å². The minimum absolute atomic E-state index is 0.00836. The standard InChI is InChI=1S/C98H120O8/c1-60-44-92(103)82(66-22-10-5-11-23-66)56-78(60)96(79-57-83(93(104)45-61(79)2)67-24-12-6-13-25-67)86-50-64(34-38-90(86)101)48-74-52-72(36-40-88(74)99)70-30-20-32-76(54-70)98(42-18-9-19-43-98)77-33-21-31-71(55-77)73-37-41-89(100)75(53-73)49-65-35-39-91(102)87(51-65)97(80-58-84(94(105)46-62(80)3)68-26-14-7-15-27-68)81-59-85(95(106)47-63(81)4)69-28-16-8-17-29-69/h20-21,30-35,38-39,44-47,50-51,54-59,66-69,72-75,88-89,96-97,99-106H,5-19,22-29,36-37,40-43,48-49,52-53H2,1-4H3. The molecule has 0 radical (unpaired) electrons. The van der Waals surface area contributed by atoms with Crippen LogP contribution in [0, 0.1) is 39.5 Å². The second-order valence-corrected chi connectivity index (χ2v) is 35.0. The Morgan fingerprint density at radius 1 is 0.302 bits per heavy atom. The molecule has 8 heteroatoms. The molecule has 560 valence electrons. The molecule has 8 N–H and O–H groups in total. The van der Waals surface area contributed by atoms with Gasteiger partial charge in [0.25, 0.3) is 0 Å². The third-order valence-electron chi connectivity index (χ3n) is 28.3. The molecule has 0 aliphatic heterocycles. The third kappa shape index (κ3) is 15.5. The quantitative estimate of drug-likeness (QED) is 0.0394. The van der Waals surface area contributed by atoms with Gasteiger partial charge in [0.1, 0.15) is 34.5 Å². The zero-order chi connectivity index (χ0) is 73.3. The van der Waals surface area contributed by atoms with Crippen molar-refractivity contribution in [2.75, 3.05) is 0 Å². The van der Waals surface area contributed by atoms with Crippen LogP contribution in [0.3, 0.4) is 0 Å². The Morgan fingerprint density at radius 2 is 0.613 bits per heavy atom. The molecular weight excluding hydrogens is 1310 g/mol. The van der Waals surface area contributed by atoms with Crippen molar-refractivity contribution in [2.45, 2.75) is 305 Å². The SMILES string of the molecule is Cc1cc(O)c(C2CCCCC2)cc1C(c1cc(C2CCCCC2)c(O)cc1C)c1cc(CC2CC(c3cccc(C4(c5cccc(C6CCC(O)C(Cc7ccc(O)c(C(c8cc(C9CCCCC9)c(O)cc8C)c8cc(C9CCCCC9)c(O)cc8C)c7)C6)c5)CCCCC4)c3)CCC2O)ccc1O. The second-order valence-electron chi connectivity index (χ2n) is 35.0. The molecule has 106 heavy (non-hydrogen) atoms. The number of benzene rings is 8. The smallest absolute Gasteiger partial charge is 0.119 e. The van der Waals surface area contributed by atoms with E-state index in [2.05, 4.69) is 125 Å². The summed E-state index contributed by atoms with van der Waals surface area (Å²) in [5.41, 5.74) is 21.4. The predicted octanol–water partition coefficient (Wildman–Crippen LogP) is 23.9. The molecule has 0 saturated heterocycles. The van der Waals surface area contributed by atoms with E-state index < -0.39 is 12.2 Å². The highest BCUT2D eigenvalue weighted by Crippen LogP contribution is 2.54. The molecule has 0 amide bonds. The van der Waals surface area contributed by atoms with Gasteiger partial charge in [0.2, 0.25) is 0 Å². The summed E-state index contributed by atoms with van der Waals surface area (Å²) in [6.45, 7) is 8.37. The van der Waals surface area contributed by atoms with E-state index in [1.807, 2.05) is 36.4 Å². The van der Waals surface area contributed by atoms with Crippen LogP contribution in [0.2, 0.25) is 0 Å². The lowest BCUT2D eigenvalue weighted by Crippen LogP contribution is -2.32. The molecule has 6 atom stereocenters. The minimum atomic E-state index is -0.457. The Bertz CT molecular complexity index is 3980. The molecule has 7 fully saturated rings. The van der Waals surface area contributed by atoms with Crippen molar-refractivity contribution in [3.05, 3.63) is 245 Å². The van der Waals surface area contributed by atoms with Crippen LogP contribution in [-0.4, -0.2) is 53.1 Å². The normalized spacial score (nSPS) is 23.2. The van der Waals surface area contributed by atoms with E-state index in [9.17, 15) is 40.9 Å². The first kappa shape index (κ1) is 74.0. The molecule has 7 aliphatic rings. The number of rotatable bonds is 18. The lowest BCUT2D eigenvalue weighted by atomic mass is 9.64. The summed E-state index contributed by atoms with van der Waals surface area (Å²) in [4.78, 5) is 0. The molecule has 7 saturated carbocycles. The Kier molecular flexibility index (Phi) is 22.6. The topological polar surface area (TPSA) is 162 Å². The van der Waals surface area contributed by atoms with Crippen molar-refractivity contribution in [3.63, 3.8) is 0 Å². The molecule has 0 heterocycles. The Balaban J connectivity index is 0.694. The third-order valence-corrected chi connectivity index (χ3v) is 28.3. The number of hydrogen-bond acceptors (Lipinski definition) is 8. The van der Waals surface area contributed by atoms with Crippen LogP contribution in [0.25, 0.3) is 0 Å². The van der Waals surface area contributed by atoms with E-state index in [0.717, 1.165) is 243 Å². The van der Waals surface area contributed by atoms with Crippen molar-refractivity contribution in [1.82, 2.24) is 0 Å². The molecule has 0 aromatic heterocycles. The van der Waals surface area contributed by atoms with Gasteiger partial charge in [-0.1, -0.05) is 193 Å². The highest BCUT2D eigenvalue weighted by Gasteiger charge is 2.40. The zero-order valence-electron chi connectivity index (χ0n) is 64.0. The predicted molar refractivity (Wildman–Crippen MR) is 429 cm³/mol. The van der Waals surface area contributed by atoms with Crippen LogP contribution >= 0.6 is 0 Å². The van der Waals surface area contributed by atoms with Gasteiger partial charge in [-0.2, -0.15) is 0 Å². The van der Waals surface area contributed by atoms with Crippen molar-refractivity contribution < 1.29 is 40.9 Å². The number of aliphatic hydroxyl groups excluding tert-OH is 2. The van der Waals surface area contributed by atoms with Crippen molar-refractivity contribution >= 4 is 0 Å². The Hall–Kier alpha value is -7.52. The number of aliphatic hydroxyl groups is 2. The summed E-state index contributed by atoms with van der Waals surface area (Å²) in [6, 6.07) is 48.3. The van der Waals surface area contributed by atoms with Crippen molar-refractivity contribution in [2.24, 2.45) is 11.8 Å². The number of phenols is 6. The monoisotopic (exact) mass is 1420 g/mol. The van der Waals surface area contributed by atoms with Crippen LogP contribution in [0.1, 0.15) is 358 Å². The Morgan fingerprint density at radius 3 is 0.934 bits per heavy atom. The van der Waals surface area contributed by atoms with E-state index in [-0.39, 0.29) is 76.1 Å². The van der Waals surface area contributed by atoms with E-state index >= 15 is 0 Å². The van der Waals surface area contributed by atoms with Gasteiger partial charge >= 0.3 is 0 Å². The molecule has 7 aliphatic carbocycles. The largest absolute Gasteiger partial charge is 0.508 e. The number of aryl methyl sites for hydroxylation is 4. The number of aromatic hydroxyl groups is 6. The molecule has 8 nitrogen and oxygen atoms in total. The van der Waals surface area contributed by atoms with Crippen molar-refractivity contribution in [3.8, 4) is 34.5 Å². The first-order chi connectivity index (χ1) is 51.4. The van der Waals surface area contributed by atoms with Gasteiger partial charge in [-0.25, -0.2) is 0 Å². The van der Waals surface area contributed by atoms with E-state index in [1.54, 1.807) is 0 Å². The summed E-state index contributed by atoms with van der Waals surface area (Å²) < 4.78 is 0. The average Bonchev–Trinajstić information content (AvgIpc) is 0.735. The van der Waals surface area contributed by atoms with E-state index in [4.69, 9.17) is 0 Å². The van der Waals surface area contributed by atoms with Gasteiger partial charge in [0.05, 0.1) is 12.2 Å². The summed E-state index contributed by atoms with van der Waals surface area (Å²) >= 11 is 0. The van der Waals surface area contributed by atoms with Crippen LogP contribution in [0.15, 0.2) is 133 Å². The first-order valence-electron chi connectivity index (χ1n) is 42.0. The van der Waals surface area contributed by atoms with Gasteiger partial charge in [0, 0.05) is 28.4 Å². The summed E-state index contributed by atoms with van der Waals surface area (Å²) in [5, 5.41) is 95.4. The second kappa shape index (κ2) is 32.3. The molecule has 0 bridgehead atoms. The molecule has 8 aromatic rings. The maximum absolute atomic E-state index is 12.3. The van der Waals surface area contributed by atoms with Crippen LogP contribution in [0.5, 0.6) is 34.5 Å². The van der Waals surface area contributed by atoms with Gasteiger partial charge in [-0.05, 0) is 327 Å². The molecular formula is C98H120O8. The van der Waals surface area contributed by atoms with Crippen LogP contribution < -0.4 is 0 Å². The lowest BCUT2D eigenvalue weighted by molar-refractivity contribution is 0.0618. The highest BCUT2D eigenvalue weighted by molar-refractivity contribution is 5.61. The van der Waals surface area contributed by atoms with E-state index in [0.29, 0.717) is 35.8 Å². The fourth-order valence-corrected chi connectivity index (χ4v) is 22.3. The lowest BCUT2D eigenvalue weighted by Gasteiger charge is -2.40. The highest BCUT2D eigenvalue weighted by atomic mass is 16.3. The molecule has 6 unspecified atom stereocenters. The maximum Gasteiger partial charge on any atom is 0.119 e. The van der Waals surface area contributed by atoms with Crippen LogP contribution in [-0.2, 0) is 18.3 Å². The van der Waals surface area contributed by atoms with Gasteiger partial charge in [-0.15, -0.1) is 0 Å². The van der Waals surface area contributed by atoms with E-state index in [1.165, 1.54) is 67.2 Å². The molecule has 15 rings (SSSR count). The fourth-order valence-electron chi connectivity index (χ4n) is 22.3. The minimum Gasteiger partial charge on any atom is -0.508 e. The number of hydrogen-bond donors (Lipinski definition) is 8. The van der Waals surface area contributed by atoms with Crippen molar-refractivity contribution in [1.29, 1.82) is 0 Å². The summed E-state index contributed by atoms with van der Waals surface area (Å²) in [6.07, 6.45) is 33.7. The maximum atomic E-state index is 12.3. The Labute approximate surface area is 632 Å². The number of phenolic OH excluding ortho intramolecular Hbond substituents is 6. The summed E-state index contributed by atoms with van der Waals surface area (Å²) in [7, 11) is 0. The first-order valence-corrected chi connectivity index (χ1v) is 42.0. The zero-order valence-corrected chi connectivity index (χ0v) is 64.0. The molecule has 0 spiro atoms. The average molecular weight is 1430 g/mol. The summed E-state index contributed by atoms with van der Waals surface area (Å²) in [5.74, 6) is 2.86. The van der Waals surface area contributed by atoms with Crippen LogP contribution in [0.4, 0.5) is 0 Å². The molecule has 8 aromatic carbocycles. The fraction of sp³-hybridized carbons (Fsp3) is 0.510. The van der Waals surface area contributed by atoms with Gasteiger partial charge in [-0.3, -0.25) is 0 Å². The van der Waals surface area contributed by atoms with Gasteiger partial charge < -0.3 is 40.9 Å².